The van der Waals surface area contributed by atoms with E-state index in [4.69, 9.17) is 0 Å². The van der Waals surface area contributed by atoms with Gasteiger partial charge in [-0.15, -0.1) is 0 Å². The Hall–Kier alpha value is -0.780. The SMILES string of the molecule is Cc1ccc(C(C)CCC(C)C)cc1. The Balaban J connectivity index is 2.52. The third-order valence-electron chi connectivity index (χ3n) is 2.82. The van der Waals surface area contributed by atoms with E-state index in [9.17, 15) is 0 Å². The molecule has 0 aliphatic heterocycles. The molecule has 0 heterocycles. The highest BCUT2D eigenvalue weighted by Crippen LogP contribution is 2.22. The lowest BCUT2D eigenvalue weighted by atomic mass is 9.92. The van der Waals surface area contributed by atoms with Gasteiger partial charge in [-0.25, -0.2) is 0 Å². The van der Waals surface area contributed by atoms with Crippen molar-refractivity contribution in [2.24, 2.45) is 5.92 Å². The second-order valence-electron chi connectivity index (χ2n) is 4.78. The molecule has 0 heteroatoms. The van der Waals surface area contributed by atoms with Crippen LogP contribution in [0, 0.1) is 12.8 Å². The number of aryl methyl sites for hydroxylation is 1. The van der Waals surface area contributed by atoms with Crippen LogP contribution < -0.4 is 0 Å². The average molecular weight is 190 g/mol. The van der Waals surface area contributed by atoms with Gasteiger partial charge >= 0.3 is 0 Å². The molecule has 78 valence electrons. The molecule has 0 saturated carbocycles. The summed E-state index contributed by atoms with van der Waals surface area (Å²) in [4.78, 5) is 0. The molecule has 0 aliphatic carbocycles. The number of rotatable bonds is 4. The van der Waals surface area contributed by atoms with Gasteiger partial charge in [-0.05, 0) is 30.7 Å². The topological polar surface area (TPSA) is 0 Å². The van der Waals surface area contributed by atoms with Crippen molar-refractivity contribution in [3.05, 3.63) is 35.4 Å². The molecule has 0 radical (unpaired) electrons. The molecule has 1 atom stereocenters. The zero-order valence-electron chi connectivity index (χ0n) is 9.88. The van der Waals surface area contributed by atoms with E-state index in [0.29, 0.717) is 5.92 Å². The van der Waals surface area contributed by atoms with Crippen LogP contribution in [0.25, 0.3) is 0 Å². The third-order valence-corrected chi connectivity index (χ3v) is 2.82. The third kappa shape index (κ3) is 3.53. The van der Waals surface area contributed by atoms with Crippen molar-refractivity contribution in [2.45, 2.75) is 46.5 Å². The maximum Gasteiger partial charge on any atom is -0.0190 e. The van der Waals surface area contributed by atoms with E-state index in [-0.39, 0.29) is 0 Å². The first-order valence-electron chi connectivity index (χ1n) is 5.66. The van der Waals surface area contributed by atoms with Crippen LogP contribution in [0.5, 0.6) is 0 Å². The van der Waals surface area contributed by atoms with E-state index in [0.717, 1.165) is 5.92 Å². The molecule has 1 aromatic rings. The molecule has 1 rings (SSSR count). The summed E-state index contributed by atoms with van der Waals surface area (Å²) in [7, 11) is 0. The monoisotopic (exact) mass is 190 g/mol. The summed E-state index contributed by atoms with van der Waals surface area (Å²) in [5, 5.41) is 0. The second-order valence-corrected chi connectivity index (χ2v) is 4.78. The van der Waals surface area contributed by atoms with Crippen LogP contribution in [-0.2, 0) is 0 Å². The Kier molecular flexibility index (Phi) is 4.19. The Morgan fingerprint density at radius 3 is 2.00 bits per heavy atom. The molecular formula is C14H22. The largest absolute Gasteiger partial charge is 0.0628 e. The first-order chi connectivity index (χ1) is 6.59. The van der Waals surface area contributed by atoms with Crippen molar-refractivity contribution < 1.29 is 0 Å². The average Bonchev–Trinajstić information content (AvgIpc) is 2.15. The zero-order chi connectivity index (χ0) is 10.6. The standard InChI is InChI=1S/C14H22/c1-11(2)5-8-13(4)14-9-6-12(3)7-10-14/h6-7,9-11,13H,5,8H2,1-4H3. The van der Waals surface area contributed by atoms with Crippen LogP contribution >= 0.6 is 0 Å². The van der Waals surface area contributed by atoms with E-state index in [1.54, 1.807) is 0 Å². The van der Waals surface area contributed by atoms with Gasteiger partial charge in [0.05, 0.1) is 0 Å². The highest BCUT2D eigenvalue weighted by Gasteiger charge is 2.05. The summed E-state index contributed by atoms with van der Waals surface area (Å²) in [6.07, 6.45) is 2.63. The van der Waals surface area contributed by atoms with Crippen molar-refractivity contribution in [2.75, 3.05) is 0 Å². The molecule has 0 saturated heterocycles. The summed E-state index contributed by atoms with van der Waals surface area (Å²) >= 11 is 0. The van der Waals surface area contributed by atoms with Gasteiger partial charge in [0.1, 0.15) is 0 Å². The molecule has 1 aromatic carbocycles. The normalized spacial score (nSPS) is 13.2. The molecule has 0 aliphatic rings. The highest BCUT2D eigenvalue weighted by atomic mass is 14.1. The Bertz CT molecular complexity index is 256. The minimum Gasteiger partial charge on any atom is -0.0628 e. The van der Waals surface area contributed by atoms with Gasteiger partial charge in [0.15, 0.2) is 0 Å². The summed E-state index contributed by atoms with van der Waals surface area (Å²) in [5.74, 6) is 1.53. The maximum absolute atomic E-state index is 2.33. The van der Waals surface area contributed by atoms with E-state index in [2.05, 4.69) is 52.0 Å². The van der Waals surface area contributed by atoms with Crippen molar-refractivity contribution >= 4 is 0 Å². The number of benzene rings is 1. The van der Waals surface area contributed by atoms with Gasteiger partial charge in [0.2, 0.25) is 0 Å². The Morgan fingerprint density at radius 1 is 0.929 bits per heavy atom. The van der Waals surface area contributed by atoms with Gasteiger partial charge in [-0.1, -0.05) is 57.0 Å². The lowest BCUT2D eigenvalue weighted by molar-refractivity contribution is 0.517. The van der Waals surface area contributed by atoms with Gasteiger partial charge in [-0.2, -0.15) is 0 Å². The molecule has 14 heavy (non-hydrogen) atoms. The van der Waals surface area contributed by atoms with Crippen LogP contribution in [0.1, 0.15) is 50.7 Å². The van der Waals surface area contributed by atoms with E-state index in [1.807, 2.05) is 0 Å². The minimum absolute atomic E-state index is 0.706. The molecule has 0 aromatic heterocycles. The molecular weight excluding hydrogens is 168 g/mol. The number of hydrogen-bond donors (Lipinski definition) is 0. The lowest BCUT2D eigenvalue weighted by Gasteiger charge is -2.13. The number of hydrogen-bond acceptors (Lipinski definition) is 0. The van der Waals surface area contributed by atoms with Crippen LogP contribution in [-0.4, -0.2) is 0 Å². The fourth-order valence-corrected chi connectivity index (χ4v) is 1.64. The first kappa shape index (κ1) is 11.3. The Morgan fingerprint density at radius 2 is 1.50 bits per heavy atom. The van der Waals surface area contributed by atoms with Crippen molar-refractivity contribution in [3.63, 3.8) is 0 Å². The highest BCUT2D eigenvalue weighted by molar-refractivity contribution is 5.23. The Labute approximate surface area is 88.4 Å². The van der Waals surface area contributed by atoms with Gasteiger partial charge in [0, 0.05) is 0 Å². The molecule has 0 nitrogen and oxygen atoms in total. The summed E-state index contributed by atoms with van der Waals surface area (Å²) in [6, 6.07) is 8.95. The van der Waals surface area contributed by atoms with E-state index < -0.39 is 0 Å². The summed E-state index contributed by atoms with van der Waals surface area (Å²) < 4.78 is 0. The van der Waals surface area contributed by atoms with Crippen LogP contribution in [0.15, 0.2) is 24.3 Å². The molecule has 0 spiro atoms. The smallest absolute Gasteiger partial charge is 0.0190 e. The maximum atomic E-state index is 2.33. The molecule has 0 bridgehead atoms. The predicted molar refractivity (Wildman–Crippen MR) is 63.7 cm³/mol. The first-order valence-corrected chi connectivity index (χ1v) is 5.66. The van der Waals surface area contributed by atoms with Crippen LogP contribution in [0.2, 0.25) is 0 Å². The van der Waals surface area contributed by atoms with Crippen LogP contribution in [0.4, 0.5) is 0 Å². The van der Waals surface area contributed by atoms with Crippen molar-refractivity contribution in [1.82, 2.24) is 0 Å². The second kappa shape index (κ2) is 5.19. The fourth-order valence-electron chi connectivity index (χ4n) is 1.64. The van der Waals surface area contributed by atoms with E-state index in [1.165, 1.54) is 24.0 Å². The fraction of sp³-hybridized carbons (Fsp3) is 0.571. The quantitative estimate of drug-likeness (QED) is 0.654. The van der Waals surface area contributed by atoms with Crippen molar-refractivity contribution in [1.29, 1.82) is 0 Å². The van der Waals surface area contributed by atoms with Gasteiger partial charge in [0.25, 0.3) is 0 Å². The van der Waals surface area contributed by atoms with Crippen molar-refractivity contribution in [3.8, 4) is 0 Å². The van der Waals surface area contributed by atoms with Gasteiger partial charge < -0.3 is 0 Å². The molecule has 0 N–H and O–H groups in total. The van der Waals surface area contributed by atoms with E-state index >= 15 is 0 Å². The molecule has 0 amide bonds. The summed E-state index contributed by atoms with van der Waals surface area (Å²) in [6.45, 7) is 9.05. The molecule has 1 unspecified atom stereocenters. The predicted octanol–water partition coefficient (Wildman–Crippen LogP) is 4.53. The summed E-state index contributed by atoms with van der Waals surface area (Å²) in [5.41, 5.74) is 2.83. The lowest BCUT2D eigenvalue weighted by Crippen LogP contribution is -1.96. The zero-order valence-corrected chi connectivity index (χ0v) is 9.88. The minimum atomic E-state index is 0.706. The molecule has 0 fully saturated rings. The van der Waals surface area contributed by atoms with Crippen LogP contribution in [0.3, 0.4) is 0 Å². The van der Waals surface area contributed by atoms with Gasteiger partial charge in [-0.3, -0.25) is 0 Å².